The monoisotopic (exact) mass is 344 g/mol. The number of carbonyl (C=O) groups is 3. The fourth-order valence-electron chi connectivity index (χ4n) is 2.92. The molecule has 0 fully saturated rings. The molecule has 0 spiro atoms. The first kappa shape index (κ1) is 18.7. The molecular weight excluding hydrogens is 320 g/mol. The second kappa shape index (κ2) is 8.46. The number of rotatable bonds is 6. The zero-order valence-electron chi connectivity index (χ0n) is 14.9. The van der Waals surface area contributed by atoms with Crippen molar-refractivity contribution < 1.29 is 19.1 Å². The van der Waals surface area contributed by atoms with Gasteiger partial charge in [0.2, 0.25) is 11.8 Å². The number of hydrogen-bond donors (Lipinski definition) is 0. The van der Waals surface area contributed by atoms with E-state index in [-0.39, 0.29) is 36.7 Å². The Bertz CT molecular complexity index is 684. The van der Waals surface area contributed by atoms with Crippen molar-refractivity contribution in [2.24, 2.45) is 0 Å². The molecule has 1 heterocycles. The molecule has 1 aromatic carbocycles. The molecule has 0 saturated heterocycles. The fourth-order valence-corrected chi connectivity index (χ4v) is 2.92. The molecule has 2 amide bonds. The maximum absolute atomic E-state index is 12.6. The Morgan fingerprint density at radius 3 is 2.64 bits per heavy atom. The third-order valence-electron chi connectivity index (χ3n) is 4.36. The zero-order valence-corrected chi connectivity index (χ0v) is 14.9. The van der Waals surface area contributed by atoms with Crippen LogP contribution in [0.25, 0.3) is 6.08 Å². The van der Waals surface area contributed by atoms with E-state index in [0.29, 0.717) is 13.0 Å². The molecule has 6 nitrogen and oxygen atoms in total. The van der Waals surface area contributed by atoms with E-state index >= 15 is 0 Å². The lowest BCUT2D eigenvalue weighted by molar-refractivity contribution is -0.141. The number of carbonyl (C=O) groups excluding carboxylic acids is 3. The van der Waals surface area contributed by atoms with Crippen LogP contribution in [0.1, 0.15) is 43.4 Å². The molecule has 25 heavy (non-hydrogen) atoms. The number of hydrogen-bond acceptors (Lipinski definition) is 4. The van der Waals surface area contributed by atoms with Crippen LogP contribution in [0, 0.1) is 0 Å². The quantitative estimate of drug-likeness (QED) is 0.743. The summed E-state index contributed by atoms with van der Waals surface area (Å²) in [7, 11) is 3.06. The van der Waals surface area contributed by atoms with Crippen LogP contribution in [0.4, 0.5) is 0 Å². The van der Waals surface area contributed by atoms with Crippen molar-refractivity contribution in [2.45, 2.75) is 32.2 Å². The van der Waals surface area contributed by atoms with Crippen molar-refractivity contribution in [3.05, 3.63) is 41.6 Å². The van der Waals surface area contributed by atoms with Crippen molar-refractivity contribution >= 4 is 23.9 Å². The Morgan fingerprint density at radius 1 is 1.24 bits per heavy atom. The number of fused-ring (bicyclic) bond motifs is 1. The van der Waals surface area contributed by atoms with Crippen LogP contribution in [0.3, 0.4) is 0 Å². The van der Waals surface area contributed by atoms with Crippen molar-refractivity contribution in [2.75, 3.05) is 20.7 Å². The van der Waals surface area contributed by atoms with Gasteiger partial charge in [-0.3, -0.25) is 14.4 Å². The van der Waals surface area contributed by atoms with Crippen molar-refractivity contribution in [1.82, 2.24) is 9.80 Å². The summed E-state index contributed by atoms with van der Waals surface area (Å²) < 4.78 is 4.60. The normalized spacial score (nSPS) is 15.5. The SMILES string of the molecule is COC(=O)CCCN(C)C(=O)CC1c2ccccc2C=CN1C(C)=O. The van der Waals surface area contributed by atoms with Gasteiger partial charge in [-0.1, -0.05) is 24.3 Å². The molecule has 0 saturated carbocycles. The van der Waals surface area contributed by atoms with Gasteiger partial charge in [0.25, 0.3) is 0 Å². The fraction of sp³-hybridized carbons (Fsp3) is 0.421. The van der Waals surface area contributed by atoms with Crippen LogP contribution in [-0.2, 0) is 19.1 Å². The lowest BCUT2D eigenvalue weighted by atomic mass is 9.93. The molecular formula is C19H24N2O4. The van der Waals surface area contributed by atoms with Gasteiger partial charge in [0.15, 0.2) is 0 Å². The molecule has 1 aliphatic heterocycles. The van der Waals surface area contributed by atoms with E-state index in [1.807, 2.05) is 30.3 Å². The van der Waals surface area contributed by atoms with Crippen LogP contribution in [0.15, 0.2) is 30.5 Å². The highest BCUT2D eigenvalue weighted by Crippen LogP contribution is 2.33. The summed E-state index contributed by atoms with van der Waals surface area (Å²) in [5.74, 6) is -0.446. The van der Waals surface area contributed by atoms with E-state index in [9.17, 15) is 14.4 Å². The number of amides is 2. The van der Waals surface area contributed by atoms with Gasteiger partial charge in [0.1, 0.15) is 0 Å². The second-order valence-corrected chi connectivity index (χ2v) is 6.09. The third-order valence-corrected chi connectivity index (χ3v) is 4.36. The highest BCUT2D eigenvalue weighted by atomic mass is 16.5. The summed E-state index contributed by atoms with van der Waals surface area (Å²) in [5, 5.41) is 0. The first-order chi connectivity index (χ1) is 11.9. The molecule has 1 atom stereocenters. The second-order valence-electron chi connectivity index (χ2n) is 6.09. The summed E-state index contributed by atoms with van der Waals surface area (Å²) in [4.78, 5) is 38.9. The van der Waals surface area contributed by atoms with Crippen LogP contribution < -0.4 is 0 Å². The van der Waals surface area contributed by atoms with Crippen molar-refractivity contribution in [3.8, 4) is 0 Å². The molecule has 2 rings (SSSR count). The predicted octanol–water partition coefficient (Wildman–Crippen LogP) is 2.36. The van der Waals surface area contributed by atoms with Crippen molar-refractivity contribution in [1.29, 1.82) is 0 Å². The summed E-state index contributed by atoms with van der Waals surface area (Å²) in [6.07, 6.45) is 4.66. The van der Waals surface area contributed by atoms with E-state index in [4.69, 9.17) is 0 Å². The lowest BCUT2D eigenvalue weighted by Crippen LogP contribution is -2.36. The van der Waals surface area contributed by atoms with Gasteiger partial charge in [-0.15, -0.1) is 0 Å². The third kappa shape index (κ3) is 4.68. The molecule has 134 valence electrons. The van der Waals surface area contributed by atoms with E-state index in [1.54, 1.807) is 23.0 Å². The maximum atomic E-state index is 12.6. The van der Waals surface area contributed by atoms with Gasteiger partial charge < -0.3 is 14.5 Å². The minimum Gasteiger partial charge on any atom is -0.469 e. The molecule has 0 bridgehead atoms. The van der Waals surface area contributed by atoms with Gasteiger partial charge in [0.05, 0.1) is 19.6 Å². The maximum Gasteiger partial charge on any atom is 0.305 e. The van der Waals surface area contributed by atoms with Gasteiger partial charge in [-0.05, 0) is 23.6 Å². The predicted molar refractivity (Wildman–Crippen MR) is 94.2 cm³/mol. The molecule has 1 aliphatic rings. The summed E-state index contributed by atoms with van der Waals surface area (Å²) in [5.41, 5.74) is 1.99. The molecule has 6 heteroatoms. The average molecular weight is 344 g/mol. The van der Waals surface area contributed by atoms with Crippen molar-refractivity contribution in [3.63, 3.8) is 0 Å². The summed E-state index contributed by atoms with van der Waals surface area (Å²) in [6.45, 7) is 1.97. The van der Waals surface area contributed by atoms with E-state index in [1.165, 1.54) is 14.0 Å². The average Bonchev–Trinajstić information content (AvgIpc) is 2.61. The number of esters is 1. The smallest absolute Gasteiger partial charge is 0.305 e. The Morgan fingerprint density at radius 2 is 1.96 bits per heavy atom. The zero-order chi connectivity index (χ0) is 18.4. The van der Waals surface area contributed by atoms with Crippen LogP contribution in [-0.4, -0.2) is 48.3 Å². The number of nitrogens with zero attached hydrogens (tertiary/aromatic N) is 2. The van der Waals surface area contributed by atoms with Gasteiger partial charge in [0, 0.05) is 33.1 Å². The van der Waals surface area contributed by atoms with Crippen LogP contribution >= 0.6 is 0 Å². The minimum absolute atomic E-state index is 0.0637. The van der Waals surface area contributed by atoms with E-state index < -0.39 is 0 Å². The molecule has 1 aromatic rings. The molecule has 0 N–H and O–H groups in total. The first-order valence-corrected chi connectivity index (χ1v) is 8.31. The summed E-state index contributed by atoms with van der Waals surface area (Å²) >= 11 is 0. The van der Waals surface area contributed by atoms with E-state index in [2.05, 4.69) is 4.74 Å². The van der Waals surface area contributed by atoms with Gasteiger partial charge in [-0.25, -0.2) is 0 Å². The van der Waals surface area contributed by atoms with Crippen LogP contribution in [0.2, 0.25) is 0 Å². The van der Waals surface area contributed by atoms with Gasteiger partial charge in [-0.2, -0.15) is 0 Å². The topological polar surface area (TPSA) is 66.9 Å². The van der Waals surface area contributed by atoms with Crippen LogP contribution in [0.5, 0.6) is 0 Å². The Labute approximate surface area is 148 Å². The minimum atomic E-state index is -0.311. The molecule has 0 aliphatic carbocycles. The standard InChI is InChI=1S/C19H24N2O4/c1-14(22)21-12-10-15-7-4-5-8-16(15)17(21)13-18(23)20(2)11-6-9-19(24)25-3/h4-5,7-8,10,12,17H,6,9,11,13H2,1-3H3. The number of benzene rings is 1. The molecule has 1 unspecified atom stereocenters. The lowest BCUT2D eigenvalue weighted by Gasteiger charge is -2.33. The summed E-state index contributed by atoms with van der Waals surface area (Å²) in [6, 6.07) is 7.46. The highest BCUT2D eigenvalue weighted by molar-refractivity contribution is 5.81. The highest BCUT2D eigenvalue weighted by Gasteiger charge is 2.29. The number of methoxy groups -OCH3 is 1. The molecule has 0 aromatic heterocycles. The molecule has 0 radical (unpaired) electrons. The van der Waals surface area contributed by atoms with E-state index in [0.717, 1.165) is 11.1 Å². The Kier molecular flexibility index (Phi) is 6.33. The Hall–Kier alpha value is -2.63. The van der Waals surface area contributed by atoms with Gasteiger partial charge >= 0.3 is 5.97 Å². The number of ether oxygens (including phenoxy) is 1. The first-order valence-electron chi connectivity index (χ1n) is 8.31. The Balaban J connectivity index is 2.05. The largest absolute Gasteiger partial charge is 0.469 e.